The van der Waals surface area contributed by atoms with E-state index in [4.69, 9.17) is 21.1 Å². The van der Waals surface area contributed by atoms with Gasteiger partial charge in [0.2, 0.25) is 0 Å². The molecule has 0 bridgehead atoms. The molecule has 4 rings (SSSR count). The van der Waals surface area contributed by atoms with E-state index in [1.54, 1.807) is 54.0 Å². The highest BCUT2D eigenvalue weighted by atomic mass is 35.5. The molecule has 10 heteroatoms. The predicted octanol–water partition coefficient (Wildman–Crippen LogP) is 4.41. The molecule has 1 fully saturated rings. The zero-order valence-electron chi connectivity index (χ0n) is 17.9. The van der Waals surface area contributed by atoms with Gasteiger partial charge in [-0.3, -0.25) is 4.98 Å². The first-order chi connectivity index (χ1) is 15.2. The predicted molar refractivity (Wildman–Crippen MR) is 120 cm³/mol. The van der Waals surface area contributed by atoms with Gasteiger partial charge >= 0.3 is 12.1 Å². The number of rotatable bonds is 5. The molecule has 3 aromatic rings. The number of benzene rings is 1. The summed E-state index contributed by atoms with van der Waals surface area (Å²) in [6, 6.07) is 7.29. The Labute approximate surface area is 190 Å². The Morgan fingerprint density at radius 3 is 2.59 bits per heavy atom. The standard InChI is InChI=1S/C22H23ClN6O3/c1-22(2,3)32-21(30)29-12-16(13-29)27-19-11-24-10-18(28-19)14-8-25-20(26-9-14)31-17-6-4-5-15(23)7-17/h4-11,16H,12-13H2,1-3H3,(H,27,28). The van der Waals surface area contributed by atoms with Gasteiger partial charge in [-0.15, -0.1) is 0 Å². The molecule has 1 aliphatic heterocycles. The number of likely N-dealkylation sites (tertiary alicyclic amines) is 1. The third kappa shape index (κ3) is 5.61. The highest BCUT2D eigenvalue weighted by Gasteiger charge is 2.33. The second kappa shape index (κ2) is 8.96. The first kappa shape index (κ1) is 21.8. The van der Waals surface area contributed by atoms with E-state index in [1.165, 1.54) is 0 Å². The van der Waals surface area contributed by atoms with Crippen molar-refractivity contribution in [3.05, 3.63) is 54.1 Å². The SMILES string of the molecule is CC(C)(C)OC(=O)N1CC(Nc2cncc(-c3cnc(Oc4cccc(Cl)c4)nc3)n2)C1. The molecule has 0 unspecified atom stereocenters. The molecule has 9 nitrogen and oxygen atoms in total. The monoisotopic (exact) mass is 454 g/mol. The number of ether oxygens (including phenoxy) is 2. The van der Waals surface area contributed by atoms with Crippen molar-refractivity contribution in [3.8, 4) is 23.0 Å². The summed E-state index contributed by atoms with van der Waals surface area (Å²) in [6.45, 7) is 6.63. The molecule has 0 atom stereocenters. The molecule has 0 saturated carbocycles. The Hall–Kier alpha value is -3.46. The first-order valence-electron chi connectivity index (χ1n) is 10.1. The number of hydrogen-bond acceptors (Lipinski definition) is 8. The quantitative estimate of drug-likeness (QED) is 0.604. The lowest BCUT2D eigenvalue weighted by Crippen LogP contribution is -2.58. The molecule has 32 heavy (non-hydrogen) atoms. The zero-order chi connectivity index (χ0) is 22.7. The van der Waals surface area contributed by atoms with Crippen molar-refractivity contribution in [1.82, 2.24) is 24.8 Å². The van der Waals surface area contributed by atoms with Crippen LogP contribution in [0.25, 0.3) is 11.3 Å². The van der Waals surface area contributed by atoms with Crippen LogP contribution in [0.2, 0.25) is 5.02 Å². The van der Waals surface area contributed by atoms with Crippen molar-refractivity contribution in [2.24, 2.45) is 0 Å². The molecule has 3 heterocycles. The molecule has 166 valence electrons. The molecular formula is C22H23ClN6O3. The third-order valence-corrected chi connectivity index (χ3v) is 4.68. The van der Waals surface area contributed by atoms with Crippen molar-refractivity contribution in [1.29, 1.82) is 0 Å². The smallest absolute Gasteiger partial charge is 0.410 e. The molecule has 0 spiro atoms. The maximum atomic E-state index is 12.1. The summed E-state index contributed by atoms with van der Waals surface area (Å²) in [4.78, 5) is 31.0. The normalized spacial score (nSPS) is 13.9. The van der Waals surface area contributed by atoms with Gasteiger partial charge in [0.1, 0.15) is 17.2 Å². The summed E-state index contributed by atoms with van der Waals surface area (Å²) < 4.78 is 11.0. The minimum absolute atomic E-state index is 0.0804. The van der Waals surface area contributed by atoms with Crippen LogP contribution in [0.4, 0.5) is 10.6 Å². The fourth-order valence-corrected chi connectivity index (χ4v) is 3.15. The Bertz CT molecular complexity index is 1100. The van der Waals surface area contributed by atoms with Gasteiger partial charge < -0.3 is 19.7 Å². The maximum Gasteiger partial charge on any atom is 0.410 e. The average molecular weight is 455 g/mol. The number of carbonyl (C=O) groups is 1. The van der Waals surface area contributed by atoms with E-state index in [2.05, 4.69) is 25.3 Å². The van der Waals surface area contributed by atoms with E-state index in [1.807, 2.05) is 20.8 Å². The van der Waals surface area contributed by atoms with Crippen LogP contribution in [0.5, 0.6) is 11.8 Å². The van der Waals surface area contributed by atoms with Crippen molar-refractivity contribution >= 4 is 23.5 Å². The van der Waals surface area contributed by atoms with E-state index in [9.17, 15) is 4.79 Å². The van der Waals surface area contributed by atoms with E-state index in [-0.39, 0.29) is 18.1 Å². The Morgan fingerprint density at radius 2 is 1.91 bits per heavy atom. The lowest BCUT2D eigenvalue weighted by molar-refractivity contribution is 0.0104. The van der Waals surface area contributed by atoms with Gasteiger partial charge in [-0.1, -0.05) is 17.7 Å². The first-order valence-corrected chi connectivity index (χ1v) is 10.5. The lowest BCUT2D eigenvalue weighted by Gasteiger charge is -2.40. The zero-order valence-corrected chi connectivity index (χ0v) is 18.7. The van der Waals surface area contributed by atoms with Gasteiger partial charge in [0, 0.05) is 36.1 Å². The fourth-order valence-electron chi connectivity index (χ4n) is 2.97. The van der Waals surface area contributed by atoms with Crippen molar-refractivity contribution in [2.75, 3.05) is 18.4 Å². The third-order valence-electron chi connectivity index (χ3n) is 4.45. The second-order valence-corrected chi connectivity index (χ2v) is 8.77. The number of hydrogen-bond donors (Lipinski definition) is 1. The van der Waals surface area contributed by atoms with E-state index < -0.39 is 5.60 Å². The summed E-state index contributed by atoms with van der Waals surface area (Å²) in [5.41, 5.74) is 0.808. The highest BCUT2D eigenvalue weighted by molar-refractivity contribution is 6.30. The molecule has 1 aliphatic rings. The number of nitrogens with one attached hydrogen (secondary N) is 1. The number of nitrogens with zero attached hydrogens (tertiary/aromatic N) is 5. The molecule has 2 aromatic heterocycles. The van der Waals surface area contributed by atoms with E-state index >= 15 is 0 Å². The summed E-state index contributed by atoms with van der Waals surface area (Å²) >= 11 is 5.96. The van der Waals surface area contributed by atoms with Crippen molar-refractivity contribution in [3.63, 3.8) is 0 Å². The Balaban J connectivity index is 1.35. The van der Waals surface area contributed by atoms with E-state index in [0.717, 1.165) is 0 Å². The summed E-state index contributed by atoms with van der Waals surface area (Å²) in [6.07, 6.45) is 6.20. The molecule has 1 amide bonds. The fraction of sp³-hybridized carbons (Fsp3) is 0.318. The second-order valence-electron chi connectivity index (χ2n) is 8.33. The van der Waals surface area contributed by atoms with Crippen molar-refractivity contribution < 1.29 is 14.3 Å². The lowest BCUT2D eigenvalue weighted by atomic mass is 10.1. The minimum Gasteiger partial charge on any atom is -0.444 e. The minimum atomic E-state index is -0.508. The van der Waals surface area contributed by atoms with Gasteiger partial charge in [-0.25, -0.2) is 19.7 Å². The van der Waals surface area contributed by atoms with Crippen LogP contribution in [-0.4, -0.2) is 55.7 Å². The summed E-state index contributed by atoms with van der Waals surface area (Å²) in [5, 5.41) is 3.85. The molecule has 1 N–H and O–H groups in total. The summed E-state index contributed by atoms with van der Waals surface area (Å²) in [5.74, 6) is 1.16. The number of halogens is 1. The molecule has 0 aliphatic carbocycles. The van der Waals surface area contributed by atoms with Gasteiger partial charge in [0.25, 0.3) is 0 Å². The number of anilines is 1. The number of amides is 1. The highest BCUT2D eigenvalue weighted by Crippen LogP contribution is 2.24. The van der Waals surface area contributed by atoms with Crippen LogP contribution in [-0.2, 0) is 4.74 Å². The van der Waals surface area contributed by atoms with Crippen LogP contribution in [0.1, 0.15) is 20.8 Å². The van der Waals surface area contributed by atoms with Gasteiger partial charge in [-0.05, 0) is 39.0 Å². The van der Waals surface area contributed by atoms with Crippen LogP contribution in [0.15, 0.2) is 49.1 Å². The van der Waals surface area contributed by atoms with Crippen LogP contribution >= 0.6 is 11.6 Å². The average Bonchev–Trinajstić information content (AvgIpc) is 2.70. The Kier molecular flexibility index (Phi) is 6.09. The molecular weight excluding hydrogens is 432 g/mol. The topological polar surface area (TPSA) is 102 Å². The van der Waals surface area contributed by atoms with E-state index in [0.29, 0.717) is 40.9 Å². The van der Waals surface area contributed by atoms with Crippen molar-refractivity contribution in [2.45, 2.75) is 32.4 Å². The summed E-state index contributed by atoms with van der Waals surface area (Å²) in [7, 11) is 0. The van der Waals surface area contributed by atoms with Gasteiger partial charge in [-0.2, -0.15) is 0 Å². The van der Waals surface area contributed by atoms with Gasteiger partial charge in [0.15, 0.2) is 0 Å². The van der Waals surface area contributed by atoms with Crippen LogP contribution in [0.3, 0.4) is 0 Å². The Morgan fingerprint density at radius 1 is 1.16 bits per heavy atom. The number of carbonyl (C=O) groups excluding carboxylic acids is 1. The van der Waals surface area contributed by atoms with Crippen LogP contribution < -0.4 is 10.1 Å². The number of aromatic nitrogens is 4. The largest absolute Gasteiger partial charge is 0.444 e. The molecule has 1 saturated heterocycles. The van der Waals surface area contributed by atoms with Crippen LogP contribution in [0, 0.1) is 0 Å². The maximum absolute atomic E-state index is 12.1. The van der Waals surface area contributed by atoms with Gasteiger partial charge in [0.05, 0.1) is 24.1 Å². The molecule has 1 aromatic carbocycles. The molecule has 0 radical (unpaired) electrons.